The fraction of sp³-hybridized carbons (Fsp3) is 0.647. The molecule has 1 aliphatic carbocycles. The van der Waals surface area contributed by atoms with Gasteiger partial charge in [-0.2, -0.15) is 0 Å². The van der Waals surface area contributed by atoms with Crippen LogP contribution in [0.3, 0.4) is 0 Å². The third-order valence-corrected chi connectivity index (χ3v) is 5.18. The number of hydrogen-bond acceptors (Lipinski definition) is 2. The van der Waals surface area contributed by atoms with Gasteiger partial charge < -0.3 is 5.32 Å². The van der Waals surface area contributed by atoms with E-state index in [-0.39, 0.29) is 0 Å². The van der Waals surface area contributed by atoms with Gasteiger partial charge in [0, 0.05) is 29.6 Å². The summed E-state index contributed by atoms with van der Waals surface area (Å²) in [6.45, 7) is 6.03. The van der Waals surface area contributed by atoms with Crippen LogP contribution in [-0.4, -0.2) is 30.6 Å². The van der Waals surface area contributed by atoms with E-state index in [1.54, 1.807) is 0 Å². The van der Waals surface area contributed by atoms with Gasteiger partial charge in [-0.1, -0.05) is 28.1 Å². The van der Waals surface area contributed by atoms with E-state index >= 15 is 0 Å². The normalized spacial score (nSPS) is 24.2. The maximum absolute atomic E-state index is 3.65. The fourth-order valence-corrected chi connectivity index (χ4v) is 3.61. The third kappa shape index (κ3) is 3.84. The summed E-state index contributed by atoms with van der Waals surface area (Å²) in [5.41, 5.74) is 1.43. The highest BCUT2D eigenvalue weighted by Crippen LogP contribution is 2.33. The SMILES string of the molecule is CC(c1cccc(Br)c1)N(CC1CC1)CC1CCCN1. The molecule has 1 aromatic carbocycles. The Balaban J connectivity index is 1.69. The van der Waals surface area contributed by atoms with Crippen molar-refractivity contribution < 1.29 is 0 Å². The maximum atomic E-state index is 3.65. The Morgan fingerprint density at radius 3 is 2.80 bits per heavy atom. The van der Waals surface area contributed by atoms with Gasteiger partial charge in [-0.25, -0.2) is 0 Å². The molecule has 1 saturated carbocycles. The van der Waals surface area contributed by atoms with Crippen LogP contribution in [0.25, 0.3) is 0 Å². The van der Waals surface area contributed by atoms with Gasteiger partial charge in [0.05, 0.1) is 0 Å². The van der Waals surface area contributed by atoms with E-state index in [1.807, 2.05) is 0 Å². The summed E-state index contributed by atoms with van der Waals surface area (Å²) in [7, 11) is 0. The molecule has 0 aromatic heterocycles. The van der Waals surface area contributed by atoms with Crippen LogP contribution in [0.1, 0.15) is 44.2 Å². The van der Waals surface area contributed by atoms with Gasteiger partial charge in [-0.3, -0.25) is 4.90 Å². The average Bonchev–Trinajstić information content (AvgIpc) is 3.11. The van der Waals surface area contributed by atoms with E-state index < -0.39 is 0 Å². The molecule has 0 amide bonds. The zero-order chi connectivity index (χ0) is 13.9. The maximum Gasteiger partial charge on any atom is 0.0321 e. The first kappa shape index (κ1) is 14.6. The second kappa shape index (κ2) is 6.59. The molecule has 2 unspecified atom stereocenters. The molecule has 20 heavy (non-hydrogen) atoms. The molecule has 2 aliphatic rings. The summed E-state index contributed by atoms with van der Waals surface area (Å²) in [6, 6.07) is 10.0. The average molecular weight is 337 g/mol. The van der Waals surface area contributed by atoms with Gasteiger partial charge >= 0.3 is 0 Å². The summed E-state index contributed by atoms with van der Waals surface area (Å²) in [5.74, 6) is 0.950. The lowest BCUT2D eigenvalue weighted by Gasteiger charge is -2.32. The van der Waals surface area contributed by atoms with Crippen LogP contribution >= 0.6 is 15.9 Å². The molecule has 1 saturated heterocycles. The van der Waals surface area contributed by atoms with Crippen molar-refractivity contribution >= 4 is 15.9 Å². The minimum atomic E-state index is 0.510. The summed E-state index contributed by atoms with van der Waals surface area (Å²) in [6.07, 6.45) is 5.54. The van der Waals surface area contributed by atoms with Gasteiger partial charge in [-0.15, -0.1) is 0 Å². The lowest BCUT2D eigenvalue weighted by molar-refractivity contribution is 0.184. The first-order valence-corrected chi connectivity index (χ1v) is 8.74. The molecule has 2 nitrogen and oxygen atoms in total. The van der Waals surface area contributed by atoms with E-state index in [4.69, 9.17) is 0 Å². The first-order valence-electron chi connectivity index (χ1n) is 7.95. The molecule has 1 aliphatic heterocycles. The van der Waals surface area contributed by atoms with Crippen LogP contribution in [0.15, 0.2) is 28.7 Å². The van der Waals surface area contributed by atoms with Gasteiger partial charge in [0.2, 0.25) is 0 Å². The molecule has 0 radical (unpaired) electrons. The predicted octanol–water partition coefficient (Wildman–Crippen LogP) is 3.97. The van der Waals surface area contributed by atoms with Gasteiger partial charge in [0.25, 0.3) is 0 Å². The van der Waals surface area contributed by atoms with Crippen molar-refractivity contribution in [1.29, 1.82) is 0 Å². The van der Waals surface area contributed by atoms with E-state index in [1.165, 1.54) is 55.4 Å². The van der Waals surface area contributed by atoms with Crippen LogP contribution in [0, 0.1) is 5.92 Å². The van der Waals surface area contributed by atoms with Crippen LogP contribution in [0.4, 0.5) is 0 Å². The van der Waals surface area contributed by atoms with Crippen molar-refractivity contribution in [3.63, 3.8) is 0 Å². The fourth-order valence-electron chi connectivity index (χ4n) is 3.20. The van der Waals surface area contributed by atoms with Crippen LogP contribution in [-0.2, 0) is 0 Å². The number of halogens is 1. The standard InChI is InChI=1S/C17H25BrN2/c1-13(15-4-2-5-16(18)10-15)20(11-14-7-8-14)12-17-6-3-9-19-17/h2,4-5,10,13-14,17,19H,3,6-9,11-12H2,1H3. The number of nitrogens with zero attached hydrogens (tertiary/aromatic N) is 1. The highest BCUT2D eigenvalue weighted by molar-refractivity contribution is 9.10. The molecule has 110 valence electrons. The number of hydrogen-bond donors (Lipinski definition) is 1. The minimum absolute atomic E-state index is 0.510. The van der Waals surface area contributed by atoms with Crippen molar-refractivity contribution in [1.82, 2.24) is 10.2 Å². The topological polar surface area (TPSA) is 15.3 Å². The van der Waals surface area contributed by atoms with Crippen molar-refractivity contribution in [2.24, 2.45) is 5.92 Å². The molecule has 2 fully saturated rings. The van der Waals surface area contributed by atoms with Crippen molar-refractivity contribution in [2.75, 3.05) is 19.6 Å². The summed E-state index contributed by atoms with van der Waals surface area (Å²) >= 11 is 3.60. The quantitative estimate of drug-likeness (QED) is 0.845. The molecule has 0 bridgehead atoms. The Morgan fingerprint density at radius 2 is 2.15 bits per heavy atom. The van der Waals surface area contributed by atoms with Crippen molar-refractivity contribution in [3.05, 3.63) is 34.3 Å². The Bertz CT molecular complexity index is 438. The number of rotatable bonds is 6. The first-order chi connectivity index (χ1) is 9.72. The molecular weight excluding hydrogens is 312 g/mol. The molecule has 3 heteroatoms. The monoisotopic (exact) mass is 336 g/mol. The Hall–Kier alpha value is -0.380. The van der Waals surface area contributed by atoms with Gasteiger partial charge in [0.15, 0.2) is 0 Å². The highest BCUT2D eigenvalue weighted by Gasteiger charge is 2.29. The van der Waals surface area contributed by atoms with Crippen LogP contribution in [0.2, 0.25) is 0 Å². The minimum Gasteiger partial charge on any atom is -0.313 e. The van der Waals surface area contributed by atoms with Crippen LogP contribution < -0.4 is 5.32 Å². The lowest BCUT2D eigenvalue weighted by atomic mass is 10.1. The molecular formula is C17H25BrN2. The van der Waals surface area contributed by atoms with E-state index in [0.29, 0.717) is 12.1 Å². The van der Waals surface area contributed by atoms with Crippen LogP contribution in [0.5, 0.6) is 0 Å². The molecule has 2 atom stereocenters. The Kier molecular flexibility index (Phi) is 4.79. The van der Waals surface area contributed by atoms with E-state index in [2.05, 4.69) is 57.3 Å². The second-order valence-corrected chi connectivity index (χ2v) is 7.34. The third-order valence-electron chi connectivity index (χ3n) is 4.69. The largest absolute Gasteiger partial charge is 0.313 e. The second-order valence-electron chi connectivity index (χ2n) is 6.42. The van der Waals surface area contributed by atoms with Gasteiger partial charge in [0.1, 0.15) is 0 Å². The summed E-state index contributed by atoms with van der Waals surface area (Å²) in [4.78, 5) is 2.70. The van der Waals surface area contributed by atoms with E-state index in [0.717, 1.165) is 5.92 Å². The van der Waals surface area contributed by atoms with E-state index in [9.17, 15) is 0 Å². The molecule has 1 heterocycles. The molecule has 3 rings (SSSR count). The smallest absolute Gasteiger partial charge is 0.0321 e. The molecule has 1 aromatic rings. The number of nitrogens with one attached hydrogen (secondary N) is 1. The van der Waals surface area contributed by atoms with Crippen molar-refractivity contribution in [2.45, 2.75) is 44.7 Å². The Labute approximate surface area is 131 Å². The summed E-state index contributed by atoms with van der Waals surface area (Å²) < 4.78 is 1.19. The lowest BCUT2D eigenvalue weighted by Crippen LogP contribution is -2.40. The summed E-state index contributed by atoms with van der Waals surface area (Å²) in [5, 5.41) is 3.65. The predicted molar refractivity (Wildman–Crippen MR) is 87.9 cm³/mol. The highest BCUT2D eigenvalue weighted by atomic mass is 79.9. The van der Waals surface area contributed by atoms with Gasteiger partial charge in [-0.05, 0) is 62.8 Å². The zero-order valence-electron chi connectivity index (χ0n) is 12.3. The Morgan fingerprint density at radius 1 is 1.30 bits per heavy atom. The zero-order valence-corrected chi connectivity index (χ0v) is 13.9. The molecule has 1 N–H and O–H groups in total. The van der Waals surface area contributed by atoms with Crippen molar-refractivity contribution in [3.8, 4) is 0 Å². The molecule has 0 spiro atoms. The number of benzene rings is 1.